The van der Waals surface area contributed by atoms with E-state index in [1.165, 1.54) is 30.7 Å². The van der Waals surface area contributed by atoms with Gasteiger partial charge in [0, 0.05) is 24.6 Å². The second-order valence-electron chi connectivity index (χ2n) is 6.02. The average molecular weight is 318 g/mol. The van der Waals surface area contributed by atoms with Crippen molar-refractivity contribution in [2.45, 2.75) is 45.6 Å². The number of aryl methyl sites for hydroxylation is 1. The van der Waals surface area contributed by atoms with E-state index in [1.807, 2.05) is 6.92 Å². The van der Waals surface area contributed by atoms with E-state index in [0.717, 1.165) is 29.0 Å². The monoisotopic (exact) mass is 318 g/mol. The molecular formula is C15H22N6S. The van der Waals surface area contributed by atoms with Crippen LogP contribution in [0.3, 0.4) is 0 Å². The van der Waals surface area contributed by atoms with Gasteiger partial charge in [-0.25, -0.2) is 9.97 Å². The van der Waals surface area contributed by atoms with Gasteiger partial charge >= 0.3 is 0 Å². The highest BCUT2D eigenvalue weighted by atomic mass is 32.1. The summed E-state index contributed by atoms with van der Waals surface area (Å²) in [5, 5.41) is 11.8. The van der Waals surface area contributed by atoms with Crippen LogP contribution in [0.5, 0.6) is 0 Å². The number of piperidine rings is 1. The maximum absolute atomic E-state index is 4.67. The second-order valence-corrected chi connectivity index (χ2v) is 6.86. The molecule has 6 nitrogen and oxygen atoms in total. The minimum absolute atomic E-state index is 0.479. The lowest BCUT2D eigenvalue weighted by Gasteiger charge is -2.35. The standard InChI is InChI=1S/C15H22N6S/c1-10(2)21-6-4-5-12(8-21)13-7-14(18-11(3)17-13)19-15-20-16-9-22-15/h7,9-10,12H,4-6,8H2,1-3H3,(H,17,18,19,20)/t12-/m0/s1. The van der Waals surface area contributed by atoms with Gasteiger partial charge in [0.2, 0.25) is 5.13 Å². The Hall–Kier alpha value is -1.60. The van der Waals surface area contributed by atoms with Crippen LogP contribution in [0.25, 0.3) is 0 Å². The highest BCUT2D eigenvalue weighted by Crippen LogP contribution is 2.28. The van der Waals surface area contributed by atoms with Crippen LogP contribution in [0.1, 0.15) is 44.1 Å². The first-order valence-electron chi connectivity index (χ1n) is 7.74. The van der Waals surface area contributed by atoms with E-state index in [9.17, 15) is 0 Å². The second kappa shape index (κ2) is 6.66. The number of likely N-dealkylation sites (tertiary alicyclic amines) is 1. The first kappa shape index (κ1) is 15.3. The van der Waals surface area contributed by atoms with Crippen LogP contribution in [-0.2, 0) is 0 Å². The summed E-state index contributed by atoms with van der Waals surface area (Å²) in [5.74, 6) is 2.08. The summed E-state index contributed by atoms with van der Waals surface area (Å²) in [5.41, 5.74) is 2.84. The molecule has 1 saturated heterocycles. The largest absolute Gasteiger partial charge is 0.315 e. The Morgan fingerprint density at radius 3 is 2.95 bits per heavy atom. The highest BCUT2D eigenvalue weighted by Gasteiger charge is 2.24. The number of anilines is 2. The van der Waals surface area contributed by atoms with Gasteiger partial charge in [-0.3, -0.25) is 0 Å². The number of aromatic nitrogens is 4. The number of hydrogen-bond acceptors (Lipinski definition) is 7. The molecule has 0 unspecified atom stereocenters. The van der Waals surface area contributed by atoms with Crippen molar-refractivity contribution in [1.29, 1.82) is 0 Å². The molecule has 0 amide bonds. The molecule has 0 aliphatic carbocycles. The molecule has 1 aliphatic heterocycles. The minimum atomic E-state index is 0.479. The summed E-state index contributed by atoms with van der Waals surface area (Å²) in [4.78, 5) is 11.7. The maximum Gasteiger partial charge on any atom is 0.210 e. The van der Waals surface area contributed by atoms with Crippen molar-refractivity contribution in [3.63, 3.8) is 0 Å². The fourth-order valence-corrected chi connectivity index (χ4v) is 3.37. The zero-order valence-electron chi connectivity index (χ0n) is 13.3. The lowest BCUT2D eigenvalue weighted by Crippen LogP contribution is -2.39. The zero-order chi connectivity index (χ0) is 15.5. The summed E-state index contributed by atoms with van der Waals surface area (Å²) < 4.78 is 0. The van der Waals surface area contributed by atoms with Crippen LogP contribution in [-0.4, -0.2) is 44.2 Å². The van der Waals surface area contributed by atoms with Gasteiger partial charge < -0.3 is 10.2 Å². The number of rotatable bonds is 4. The van der Waals surface area contributed by atoms with Crippen molar-refractivity contribution in [1.82, 2.24) is 25.1 Å². The van der Waals surface area contributed by atoms with Crippen LogP contribution < -0.4 is 5.32 Å². The molecule has 2 aromatic rings. The van der Waals surface area contributed by atoms with Gasteiger partial charge in [-0.2, -0.15) is 0 Å². The number of hydrogen-bond donors (Lipinski definition) is 1. The van der Waals surface area contributed by atoms with Gasteiger partial charge in [0.15, 0.2) is 0 Å². The summed E-state index contributed by atoms with van der Waals surface area (Å²) in [6.07, 6.45) is 2.42. The van der Waals surface area contributed by atoms with Gasteiger partial charge in [0.05, 0.1) is 5.69 Å². The quantitative estimate of drug-likeness (QED) is 0.935. The molecule has 1 N–H and O–H groups in total. The van der Waals surface area contributed by atoms with Crippen LogP contribution in [0, 0.1) is 6.92 Å². The lowest BCUT2D eigenvalue weighted by atomic mass is 9.93. The fraction of sp³-hybridized carbons (Fsp3) is 0.600. The Labute approximate surface area is 135 Å². The van der Waals surface area contributed by atoms with E-state index >= 15 is 0 Å². The topological polar surface area (TPSA) is 66.8 Å². The summed E-state index contributed by atoms with van der Waals surface area (Å²) in [6, 6.07) is 2.65. The van der Waals surface area contributed by atoms with E-state index < -0.39 is 0 Å². The Morgan fingerprint density at radius 1 is 1.36 bits per heavy atom. The van der Waals surface area contributed by atoms with E-state index in [2.05, 4.69) is 50.3 Å². The average Bonchev–Trinajstić information content (AvgIpc) is 2.99. The third-order valence-corrected chi connectivity index (χ3v) is 4.66. The van der Waals surface area contributed by atoms with Crippen molar-refractivity contribution in [3.8, 4) is 0 Å². The Morgan fingerprint density at radius 2 is 2.23 bits per heavy atom. The first-order chi connectivity index (χ1) is 10.6. The van der Waals surface area contributed by atoms with Crippen LogP contribution in [0.2, 0.25) is 0 Å². The van der Waals surface area contributed by atoms with Crippen molar-refractivity contribution < 1.29 is 0 Å². The van der Waals surface area contributed by atoms with E-state index in [0.29, 0.717) is 12.0 Å². The smallest absolute Gasteiger partial charge is 0.210 e. The molecule has 2 aromatic heterocycles. The SMILES string of the molecule is Cc1nc(Nc2nncs2)cc([C@H]2CCCN(C(C)C)C2)n1. The van der Waals surface area contributed by atoms with Crippen molar-refractivity contribution >= 4 is 22.3 Å². The van der Waals surface area contributed by atoms with Gasteiger partial charge in [-0.15, -0.1) is 10.2 Å². The number of nitrogens with one attached hydrogen (secondary N) is 1. The zero-order valence-corrected chi connectivity index (χ0v) is 14.1. The fourth-order valence-electron chi connectivity index (χ4n) is 2.92. The van der Waals surface area contributed by atoms with Crippen molar-refractivity contribution in [2.75, 3.05) is 18.4 Å². The minimum Gasteiger partial charge on any atom is -0.315 e. The molecule has 1 aliphatic rings. The summed E-state index contributed by atoms with van der Waals surface area (Å²) >= 11 is 1.47. The van der Waals surface area contributed by atoms with Gasteiger partial charge in [-0.1, -0.05) is 11.3 Å². The van der Waals surface area contributed by atoms with E-state index in [-0.39, 0.29) is 0 Å². The van der Waals surface area contributed by atoms with Crippen LogP contribution in [0.4, 0.5) is 10.9 Å². The van der Waals surface area contributed by atoms with Gasteiger partial charge in [0.25, 0.3) is 0 Å². The van der Waals surface area contributed by atoms with Gasteiger partial charge in [-0.05, 0) is 40.2 Å². The number of nitrogens with zero attached hydrogens (tertiary/aromatic N) is 5. The molecule has 1 atom stereocenters. The molecular weight excluding hydrogens is 296 g/mol. The summed E-state index contributed by atoms with van der Waals surface area (Å²) in [6.45, 7) is 8.73. The third kappa shape index (κ3) is 3.59. The van der Waals surface area contributed by atoms with Gasteiger partial charge in [0.1, 0.15) is 17.2 Å². The lowest BCUT2D eigenvalue weighted by molar-refractivity contribution is 0.166. The molecule has 7 heteroatoms. The molecule has 1 fully saturated rings. The molecule has 0 radical (unpaired) electrons. The van der Waals surface area contributed by atoms with E-state index in [1.54, 1.807) is 5.51 Å². The maximum atomic E-state index is 4.67. The van der Waals surface area contributed by atoms with Crippen LogP contribution >= 0.6 is 11.3 Å². The molecule has 22 heavy (non-hydrogen) atoms. The molecule has 0 bridgehead atoms. The van der Waals surface area contributed by atoms with Crippen LogP contribution in [0.15, 0.2) is 11.6 Å². The third-order valence-electron chi connectivity index (χ3n) is 4.05. The predicted octanol–water partition coefficient (Wildman–Crippen LogP) is 2.97. The molecule has 118 valence electrons. The molecule has 3 heterocycles. The first-order valence-corrected chi connectivity index (χ1v) is 8.62. The van der Waals surface area contributed by atoms with Crippen molar-refractivity contribution in [2.24, 2.45) is 0 Å². The molecule has 0 saturated carbocycles. The molecule has 3 rings (SSSR count). The summed E-state index contributed by atoms with van der Waals surface area (Å²) in [7, 11) is 0. The Balaban J connectivity index is 1.79. The Kier molecular flexibility index (Phi) is 4.63. The Bertz CT molecular complexity index is 613. The highest BCUT2D eigenvalue weighted by molar-refractivity contribution is 7.13. The van der Waals surface area contributed by atoms with E-state index in [4.69, 9.17) is 0 Å². The molecule has 0 aromatic carbocycles. The normalized spacial score (nSPS) is 19.5. The predicted molar refractivity (Wildman–Crippen MR) is 88.6 cm³/mol. The van der Waals surface area contributed by atoms with Crippen molar-refractivity contribution in [3.05, 3.63) is 23.1 Å². The molecule has 0 spiro atoms.